The van der Waals surface area contributed by atoms with E-state index in [2.05, 4.69) is 25.1 Å². The minimum Gasteiger partial charge on any atom is -0.368 e. The topological polar surface area (TPSA) is 61.4 Å². The maximum absolute atomic E-state index is 13.1. The van der Waals surface area contributed by atoms with Crippen LogP contribution in [0.2, 0.25) is 0 Å². The van der Waals surface area contributed by atoms with Crippen LogP contribution in [-0.4, -0.2) is 42.1 Å². The average Bonchev–Trinajstić information content (AvgIpc) is 2.76. The number of rotatable bonds is 4. The van der Waals surface area contributed by atoms with Crippen molar-refractivity contribution in [2.45, 2.75) is 0 Å². The Bertz CT molecular complexity index is 923. The molecule has 2 aromatic heterocycles. The number of nitrogens with one attached hydrogen (secondary N) is 1. The number of pyridine rings is 2. The highest BCUT2D eigenvalue weighted by molar-refractivity contribution is 6.03. The van der Waals surface area contributed by atoms with Crippen molar-refractivity contribution in [3.63, 3.8) is 0 Å². The van der Waals surface area contributed by atoms with Crippen LogP contribution in [0.5, 0.6) is 0 Å². The molecule has 1 amide bonds. The molecule has 3 aromatic rings. The van der Waals surface area contributed by atoms with Gasteiger partial charge in [0.25, 0.3) is 5.91 Å². The normalized spacial score (nSPS) is 14.0. The molecule has 1 saturated heterocycles. The Morgan fingerprint density at radius 2 is 1.68 bits per heavy atom. The third-order valence-corrected chi connectivity index (χ3v) is 4.72. The van der Waals surface area contributed by atoms with Crippen LogP contribution in [0.3, 0.4) is 0 Å². The molecule has 0 bridgehead atoms. The fraction of sp³-hybridized carbons (Fsp3) is 0.190. The van der Waals surface area contributed by atoms with Gasteiger partial charge in [-0.2, -0.15) is 0 Å². The van der Waals surface area contributed by atoms with Crippen molar-refractivity contribution in [2.75, 3.05) is 41.3 Å². The number of hydrogen-bond donors (Lipinski definition) is 1. The first kappa shape index (κ1) is 17.9. The van der Waals surface area contributed by atoms with Gasteiger partial charge in [0, 0.05) is 44.3 Å². The second kappa shape index (κ2) is 8.04. The number of aromatic nitrogens is 2. The Labute approximate surface area is 162 Å². The molecular formula is C21H20FN5O. The molecule has 1 fully saturated rings. The molecular weight excluding hydrogens is 357 g/mol. The standard InChI is InChI=1S/C21H20FN5O/c22-17-3-6-19(7-4-17)26-10-12-27(13-11-26)20-8-5-18(15-24-20)25-21(28)16-2-1-9-23-14-16/h1-9,14-15H,10-13H2,(H,25,28). The summed E-state index contributed by atoms with van der Waals surface area (Å²) in [7, 11) is 0. The zero-order valence-electron chi connectivity index (χ0n) is 15.3. The van der Waals surface area contributed by atoms with Crippen molar-refractivity contribution in [1.82, 2.24) is 9.97 Å². The second-order valence-electron chi connectivity index (χ2n) is 6.55. The zero-order valence-corrected chi connectivity index (χ0v) is 15.3. The second-order valence-corrected chi connectivity index (χ2v) is 6.55. The van der Waals surface area contributed by atoms with Crippen LogP contribution in [0.4, 0.5) is 21.6 Å². The number of nitrogens with zero attached hydrogens (tertiary/aromatic N) is 4. The van der Waals surface area contributed by atoms with Crippen molar-refractivity contribution >= 4 is 23.1 Å². The Balaban J connectivity index is 1.34. The Kier molecular flexibility index (Phi) is 5.14. The van der Waals surface area contributed by atoms with Gasteiger partial charge in [0.2, 0.25) is 0 Å². The van der Waals surface area contributed by atoms with E-state index in [1.807, 2.05) is 24.3 Å². The number of piperazine rings is 1. The van der Waals surface area contributed by atoms with E-state index in [1.165, 1.54) is 18.3 Å². The summed E-state index contributed by atoms with van der Waals surface area (Å²) in [4.78, 5) is 25.0. The molecule has 3 heterocycles. The zero-order chi connectivity index (χ0) is 19.3. The van der Waals surface area contributed by atoms with Crippen LogP contribution < -0.4 is 15.1 Å². The van der Waals surface area contributed by atoms with Crippen LogP contribution >= 0.6 is 0 Å². The number of carbonyl (C=O) groups is 1. The van der Waals surface area contributed by atoms with Crippen LogP contribution in [-0.2, 0) is 0 Å². The van der Waals surface area contributed by atoms with E-state index in [-0.39, 0.29) is 11.7 Å². The Morgan fingerprint density at radius 1 is 0.929 bits per heavy atom. The van der Waals surface area contributed by atoms with E-state index in [1.54, 1.807) is 24.5 Å². The van der Waals surface area contributed by atoms with E-state index in [4.69, 9.17) is 0 Å². The highest BCUT2D eigenvalue weighted by atomic mass is 19.1. The lowest BCUT2D eigenvalue weighted by atomic mass is 10.2. The molecule has 0 saturated carbocycles. The van der Waals surface area contributed by atoms with E-state index in [0.29, 0.717) is 11.3 Å². The van der Waals surface area contributed by atoms with Gasteiger partial charge in [-0.05, 0) is 48.5 Å². The molecule has 4 rings (SSSR count). The van der Waals surface area contributed by atoms with Crippen molar-refractivity contribution in [3.8, 4) is 0 Å². The van der Waals surface area contributed by atoms with Crippen molar-refractivity contribution in [2.24, 2.45) is 0 Å². The van der Waals surface area contributed by atoms with E-state index in [0.717, 1.165) is 37.7 Å². The molecule has 6 nitrogen and oxygen atoms in total. The smallest absolute Gasteiger partial charge is 0.257 e. The summed E-state index contributed by atoms with van der Waals surface area (Å²) in [5.74, 6) is 0.441. The van der Waals surface area contributed by atoms with Crippen molar-refractivity contribution in [1.29, 1.82) is 0 Å². The summed E-state index contributed by atoms with van der Waals surface area (Å²) in [5, 5.41) is 2.82. The third-order valence-electron chi connectivity index (χ3n) is 4.72. The number of anilines is 3. The summed E-state index contributed by atoms with van der Waals surface area (Å²) in [6.07, 6.45) is 4.82. The first-order chi connectivity index (χ1) is 13.7. The predicted molar refractivity (Wildman–Crippen MR) is 107 cm³/mol. The lowest BCUT2D eigenvalue weighted by Gasteiger charge is -2.36. The fourth-order valence-electron chi connectivity index (χ4n) is 3.19. The van der Waals surface area contributed by atoms with Gasteiger partial charge in [-0.1, -0.05) is 0 Å². The van der Waals surface area contributed by atoms with Crippen molar-refractivity contribution < 1.29 is 9.18 Å². The number of benzene rings is 1. The monoisotopic (exact) mass is 377 g/mol. The largest absolute Gasteiger partial charge is 0.368 e. The van der Waals surface area contributed by atoms with E-state index < -0.39 is 0 Å². The lowest BCUT2D eigenvalue weighted by Crippen LogP contribution is -2.46. The molecule has 28 heavy (non-hydrogen) atoms. The average molecular weight is 377 g/mol. The molecule has 0 atom stereocenters. The minimum absolute atomic E-state index is 0.212. The maximum atomic E-state index is 13.1. The molecule has 1 N–H and O–H groups in total. The molecule has 7 heteroatoms. The molecule has 0 aliphatic carbocycles. The molecule has 1 aromatic carbocycles. The van der Waals surface area contributed by atoms with Crippen LogP contribution in [0.1, 0.15) is 10.4 Å². The quantitative estimate of drug-likeness (QED) is 0.757. The van der Waals surface area contributed by atoms with Gasteiger partial charge in [0.05, 0.1) is 17.4 Å². The number of halogens is 1. The maximum Gasteiger partial charge on any atom is 0.257 e. The number of hydrogen-bond acceptors (Lipinski definition) is 5. The van der Waals surface area contributed by atoms with E-state index in [9.17, 15) is 9.18 Å². The van der Waals surface area contributed by atoms with Gasteiger partial charge in [0.1, 0.15) is 11.6 Å². The van der Waals surface area contributed by atoms with Crippen LogP contribution in [0.15, 0.2) is 67.1 Å². The van der Waals surface area contributed by atoms with Gasteiger partial charge >= 0.3 is 0 Å². The van der Waals surface area contributed by atoms with Crippen LogP contribution in [0, 0.1) is 5.82 Å². The molecule has 142 valence electrons. The third kappa shape index (κ3) is 4.09. The first-order valence-electron chi connectivity index (χ1n) is 9.12. The Hall–Kier alpha value is -3.48. The molecule has 1 aliphatic heterocycles. The van der Waals surface area contributed by atoms with Gasteiger partial charge < -0.3 is 15.1 Å². The number of carbonyl (C=O) groups excluding carboxylic acids is 1. The summed E-state index contributed by atoms with van der Waals surface area (Å²) >= 11 is 0. The highest BCUT2D eigenvalue weighted by Gasteiger charge is 2.18. The SMILES string of the molecule is O=C(Nc1ccc(N2CCN(c3ccc(F)cc3)CC2)nc1)c1cccnc1. The molecule has 1 aliphatic rings. The van der Waals surface area contributed by atoms with Crippen LogP contribution in [0.25, 0.3) is 0 Å². The summed E-state index contributed by atoms with van der Waals surface area (Å²) in [6, 6.07) is 13.8. The van der Waals surface area contributed by atoms with Gasteiger partial charge in [-0.3, -0.25) is 9.78 Å². The first-order valence-corrected chi connectivity index (χ1v) is 9.12. The molecule has 0 radical (unpaired) electrons. The molecule has 0 spiro atoms. The summed E-state index contributed by atoms with van der Waals surface area (Å²) in [6.45, 7) is 3.33. The van der Waals surface area contributed by atoms with Gasteiger partial charge in [-0.15, -0.1) is 0 Å². The van der Waals surface area contributed by atoms with E-state index >= 15 is 0 Å². The predicted octanol–water partition coefficient (Wildman–Crippen LogP) is 3.19. The van der Waals surface area contributed by atoms with Crippen molar-refractivity contribution in [3.05, 3.63) is 78.5 Å². The summed E-state index contributed by atoms with van der Waals surface area (Å²) < 4.78 is 13.1. The van der Waals surface area contributed by atoms with Gasteiger partial charge in [0.15, 0.2) is 0 Å². The fourth-order valence-corrected chi connectivity index (χ4v) is 3.19. The summed E-state index contributed by atoms with van der Waals surface area (Å²) in [5.41, 5.74) is 2.17. The lowest BCUT2D eigenvalue weighted by molar-refractivity contribution is 0.102. The number of amides is 1. The highest BCUT2D eigenvalue weighted by Crippen LogP contribution is 2.20. The minimum atomic E-state index is -0.220. The molecule has 0 unspecified atom stereocenters. The van der Waals surface area contributed by atoms with Gasteiger partial charge in [-0.25, -0.2) is 9.37 Å². The Morgan fingerprint density at radius 3 is 2.32 bits per heavy atom.